The molecule has 1 heterocycles. The van der Waals surface area contributed by atoms with Crippen molar-refractivity contribution in [3.8, 4) is 0 Å². The van der Waals surface area contributed by atoms with Crippen LogP contribution in [0.5, 0.6) is 0 Å². The molecule has 44 valence electrons. The Bertz CT molecular complexity index is 308. The van der Waals surface area contributed by atoms with Gasteiger partial charge in [-0.15, -0.1) is 0 Å². The number of aromatic nitrogens is 2. The SMILES string of the molecule is [2H]C([2H])([2H])n1c(C)c[nH]c1=S. The molecule has 3 heteroatoms. The van der Waals surface area contributed by atoms with E-state index in [0.717, 1.165) is 4.57 Å². The van der Waals surface area contributed by atoms with Crippen LogP contribution in [-0.2, 0) is 6.98 Å². The Labute approximate surface area is 57.4 Å². The van der Waals surface area contributed by atoms with Crippen molar-refractivity contribution in [2.45, 2.75) is 6.92 Å². The van der Waals surface area contributed by atoms with Crippen LogP contribution in [0.25, 0.3) is 0 Å². The predicted molar refractivity (Wildman–Crippen MR) is 35.3 cm³/mol. The van der Waals surface area contributed by atoms with Gasteiger partial charge in [0.15, 0.2) is 4.77 Å². The zero-order valence-electron chi connectivity index (χ0n) is 7.43. The quantitative estimate of drug-likeness (QED) is 0.528. The van der Waals surface area contributed by atoms with Gasteiger partial charge in [-0.05, 0) is 19.1 Å². The van der Waals surface area contributed by atoms with Crippen LogP contribution in [0.3, 0.4) is 0 Å². The smallest absolute Gasteiger partial charge is 0.177 e. The number of rotatable bonds is 0. The lowest BCUT2D eigenvalue weighted by atomic mass is 10.5. The molecule has 0 amide bonds. The average Bonchev–Trinajstić information content (AvgIpc) is 2.08. The minimum Gasteiger partial charge on any atom is -0.337 e. The number of hydrogen-bond acceptors (Lipinski definition) is 1. The van der Waals surface area contributed by atoms with Crippen molar-refractivity contribution in [3.05, 3.63) is 16.7 Å². The monoisotopic (exact) mass is 131 g/mol. The van der Waals surface area contributed by atoms with Gasteiger partial charge < -0.3 is 9.55 Å². The summed E-state index contributed by atoms with van der Waals surface area (Å²) in [5.74, 6) is 0. The van der Waals surface area contributed by atoms with E-state index in [-0.39, 0.29) is 4.77 Å². The molecule has 0 aliphatic rings. The summed E-state index contributed by atoms with van der Waals surface area (Å²) >= 11 is 4.77. The van der Waals surface area contributed by atoms with Crippen LogP contribution in [0.2, 0.25) is 0 Å². The minimum atomic E-state index is -2.17. The van der Waals surface area contributed by atoms with E-state index in [0.29, 0.717) is 5.69 Å². The van der Waals surface area contributed by atoms with Gasteiger partial charge in [0, 0.05) is 23.0 Å². The fraction of sp³-hybridized carbons (Fsp3) is 0.400. The highest BCUT2D eigenvalue weighted by molar-refractivity contribution is 7.71. The summed E-state index contributed by atoms with van der Waals surface area (Å²) < 4.78 is 22.6. The van der Waals surface area contributed by atoms with Gasteiger partial charge in [-0.3, -0.25) is 0 Å². The standard InChI is InChI=1S/C5H8N2S/c1-4-3-6-5(8)7(4)2/h3H,1-2H3,(H,6,8)/i2D3. The first kappa shape index (κ1) is 2.82. The highest BCUT2D eigenvalue weighted by atomic mass is 32.1. The Hall–Kier alpha value is -0.570. The molecule has 0 aliphatic carbocycles. The number of nitrogens with one attached hydrogen (secondary N) is 1. The second-order valence-electron chi connectivity index (χ2n) is 1.57. The van der Waals surface area contributed by atoms with E-state index in [1.807, 2.05) is 0 Å². The summed E-state index contributed by atoms with van der Waals surface area (Å²) in [4.78, 5) is 2.66. The number of aromatic amines is 1. The van der Waals surface area contributed by atoms with Crippen LogP contribution in [0.1, 0.15) is 9.81 Å². The fourth-order valence-corrected chi connectivity index (χ4v) is 0.658. The third-order valence-electron chi connectivity index (χ3n) is 0.960. The second kappa shape index (κ2) is 1.74. The van der Waals surface area contributed by atoms with Crippen LogP contribution < -0.4 is 0 Å². The predicted octanol–water partition coefficient (Wildman–Crippen LogP) is 1.39. The van der Waals surface area contributed by atoms with E-state index in [9.17, 15) is 0 Å². The molecular weight excluding hydrogens is 120 g/mol. The molecule has 0 saturated carbocycles. The molecule has 1 aromatic heterocycles. The molecule has 0 saturated heterocycles. The Morgan fingerprint density at radius 1 is 2.00 bits per heavy atom. The summed E-state index contributed by atoms with van der Waals surface area (Å²) in [5, 5.41) is 0. The molecule has 1 rings (SSSR count). The first-order valence-electron chi connectivity index (χ1n) is 3.70. The molecule has 2 nitrogen and oxygen atoms in total. The number of nitrogens with zero attached hydrogens (tertiary/aromatic N) is 1. The number of imidazole rings is 1. The summed E-state index contributed by atoms with van der Waals surface area (Å²) in [6.45, 7) is -0.472. The molecule has 0 unspecified atom stereocenters. The first-order chi connectivity index (χ1) is 4.93. The number of aryl methyl sites for hydroxylation is 1. The lowest BCUT2D eigenvalue weighted by molar-refractivity contribution is 0.857. The summed E-state index contributed by atoms with van der Waals surface area (Å²) in [7, 11) is 0. The zero-order chi connectivity index (χ0) is 8.65. The van der Waals surface area contributed by atoms with Gasteiger partial charge in [-0.25, -0.2) is 0 Å². The summed E-state index contributed by atoms with van der Waals surface area (Å²) in [5.41, 5.74) is 0.620. The molecule has 0 aromatic carbocycles. The van der Waals surface area contributed by atoms with E-state index in [4.69, 9.17) is 16.3 Å². The number of H-pyrrole nitrogens is 1. The summed E-state index contributed by atoms with van der Waals surface area (Å²) in [6.07, 6.45) is 1.58. The van der Waals surface area contributed by atoms with Gasteiger partial charge in [0.2, 0.25) is 0 Å². The Morgan fingerprint density at radius 2 is 2.75 bits per heavy atom. The van der Waals surface area contributed by atoms with Crippen molar-refractivity contribution in [1.82, 2.24) is 9.55 Å². The summed E-state index contributed by atoms with van der Waals surface area (Å²) in [6, 6.07) is 0. The molecule has 8 heavy (non-hydrogen) atoms. The third-order valence-corrected chi connectivity index (χ3v) is 1.26. The Kier molecular flexibility index (Phi) is 0.615. The lowest BCUT2D eigenvalue weighted by Gasteiger charge is -1.88. The van der Waals surface area contributed by atoms with Crippen molar-refractivity contribution >= 4 is 12.2 Å². The minimum absolute atomic E-state index is 0.238. The van der Waals surface area contributed by atoms with Crippen molar-refractivity contribution in [2.24, 2.45) is 6.98 Å². The van der Waals surface area contributed by atoms with Crippen LogP contribution in [0, 0.1) is 11.7 Å². The van der Waals surface area contributed by atoms with Gasteiger partial charge in [-0.2, -0.15) is 0 Å². The molecule has 0 fully saturated rings. The van der Waals surface area contributed by atoms with Crippen LogP contribution in [0.15, 0.2) is 6.20 Å². The number of hydrogen-bond donors (Lipinski definition) is 1. The third kappa shape index (κ3) is 0.690. The Balaban J connectivity index is 3.33. The van der Waals surface area contributed by atoms with Crippen molar-refractivity contribution in [3.63, 3.8) is 0 Å². The highest BCUT2D eigenvalue weighted by Crippen LogP contribution is 1.93. The second-order valence-corrected chi connectivity index (χ2v) is 1.96. The molecule has 0 aliphatic heterocycles. The molecule has 0 spiro atoms. The van der Waals surface area contributed by atoms with Crippen LogP contribution in [0.4, 0.5) is 0 Å². The van der Waals surface area contributed by atoms with Gasteiger partial charge in [0.1, 0.15) is 0 Å². The van der Waals surface area contributed by atoms with E-state index in [1.165, 1.54) is 0 Å². The van der Waals surface area contributed by atoms with E-state index in [1.54, 1.807) is 13.1 Å². The van der Waals surface area contributed by atoms with Crippen molar-refractivity contribution in [2.75, 3.05) is 0 Å². The largest absolute Gasteiger partial charge is 0.337 e. The average molecular weight is 131 g/mol. The maximum Gasteiger partial charge on any atom is 0.177 e. The molecule has 0 bridgehead atoms. The Morgan fingerprint density at radius 3 is 3.00 bits per heavy atom. The molecule has 1 aromatic rings. The molecule has 0 radical (unpaired) electrons. The topological polar surface area (TPSA) is 20.7 Å². The van der Waals surface area contributed by atoms with Gasteiger partial charge >= 0.3 is 0 Å². The maximum absolute atomic E-state index is 7.08. The van der Waals surface area contributed by atoms with E-state index >= 15 is 0 Å². The van der Waals surface area contributed by atoms with Crippen molar-refractivity contribution < 1.29 is 4.11 Å². The normalized spacial score (nSPS) is 16.9. The molecular formula is C5H8N2S. The highest BCUT2D eigenvalue weighted by Gasteiger charge is 1.87. The van der Waals surface area contributed by atoms with Gasteiger partial charge in [0.05, 0.1) is 0 Å². The molecule has 0 atom stereocenters. The van der Waals surface area contributed by atoms with E-state index in [2.05, 4.69) is 4.98 Å². The fourth-order valence-electron chi connectivity index (χ4n) is 0.455. The van der Waals surface area contributed by atoms with Crippen LogP contribution >= 0.6 is 12.2 Å². The van der Waals surface area contributed by atoms with Crippen molar-refractivity contribution in [1.29, 1.82) is 0 Å². The van der Waals surface area contributed by atoms with Crippen LogP contribution in [-0.4, -0.2) is 9.55 Å². The molecule has 1 N–H and O–H groups in total. The lowest BCUT2D eigenvalue weighted by Crippen LogP contribution is -1.88. The maximum atomic E-state index is 7.08. The van der Waals surface area contributed by atoms with Gasteiger partial charge in [-0.1, -0.05) is 0 Å². The zero-order valence-corrected chi connectivity index (χ0v) is 5.25. The van der Waals surface area contributed by atoms with Gasteiger partial charge in [0.25, 0.3) is 0 Å². The van der Waals surface area contributed by atoms with E-state index < -0.39 is 6.98 Å². The first-order valence-corrected chi connectivity index (χ1v) is 2.61.